The molecular formula is C11H10ClN. The van der Waals surface area contributed by atoms with Crippen molar-refractivity contribution in [2.75, 3.05) is 0 Å². The Morgan fingerprint density at radius 2 is 2.08 bits per heavy atom. The highest BCUT2D eigenvalue weighted by molar-refractivity contribution is 6.20. The third-order valence-electron chi connectivity index (χ3n) is 2.07. The van der Waals surface area contributed by atoms with Crippen molar-refractivity contribution in [2.24, 2.45) is 0 Å². The van der Waals surface area contributed by atoms with E-state index in [1.165, 1.54) is 0 Å². The van der Waals surface area contributed by atoms with Crippen LogP contribution < -0.4 is 0 Å². The van der Waals surface area contributed by atoms with E-state index in [1.54, 1.807) is 0 Å². The molecule has 1 aromatic carbocycles. The Hall–Kier alpha value is -1.08. The fraction of sp³-hybridized carbons (Fsp3) is 0.182. The molecule has 0 spiro atoms. The Morgan fingerprint density at radius 3 is 2.85 bits per heavy atom. The molecule has 13 heavy (non-hydrogen) atoms. The van der Waals surface area contributed by atoms with Gasteiger partial charge >= 0.3 is 0 Å². The number of aromatic nitrogens is 1. The summed E-state index contributed by atoms with van der Waals surface area (Å²) in [5, 5.41) is 1.17. The number of nitrogens with zero attached hydrogens (tertiary/aromatic N) is 1. The summed E-state index contributed by atoms with van der Waals surface area (Å²) in [6.07, 6.45) is 1.83. The van der Waals surface area contributed by atoms with Crippen molar-refractivity contribution >= 4 is 22.5 Å². The van der Waals surface area contributed by atoms with Crippen molar-refractivity contribution in [3.63, 3.8) is 0 Å². The standard InChI is InChI=1S/C11H10ClN/c1-8(12)10-6-9-4-2-3-5-11(9)13-7-10/h2-8H,1H3. The van der Waals surface area contributed by atoms with Crippen LogP contribution in [0.5, 0.6) is 0 Å². The van der Waals surface area contributed by atoms with Crippen molar-refractivity contribution in [3.05, 3.63) is 42.1 Å². The first kappa shape index (κ1) is 8.52. The third kappa shape index (κ3) is 1.65. The highest BCUT2D eigenvalue weighted by atomic mass is 35.5. The van der Waals surface area contributed by atoms with Gasteiger partial charge in [0.15, 0.2) is 0 Å². The molecule has 0 amide bonds. The number of rotatable bonds is 1. The maximum absolute atomic E-state index is 5.96. The fourth-order valence-electron chi connectivity index (χ4n) is 1.31. The Morgan fingerprint density at radius 1 is 1.31 bits per heavy atom. The summed E-state index contributed by atoms with van der Waals surface area (Å²) in [7, 11) is 0. The Balaban J connectivity index is 2.62. The fourth-order valence-corrected chi connectivity index (χ4v) is 1.42. The van der Waals surface area contributed by atoms with E-state index in [0.717, 1.165) is 16.5 Å². The van der Waals surface area contributed by atoms with Crippen LogP contribution in [0.25, 0.3) is 10.9 Å². The Labute approximate surface area is 82.4 Å². The SMILES string of the molecule is CC(Cl)c1cnc2ccccc2c1. The highest BCUT2D eigenvalue weighted by Gasteiger charge is 2.02. The second kappa shape index (κ2) is 3.35. The van der Waals surface area contributed by atoms with Crippen molar-refractivity contribution in [2.45, 2.75) is 12.3 Å². The van der Waals surface area contributed by atoms with Gasteiger partial charge in [-0.15, -0.1) is 11.6 Å². The monoisotopic (exact) mass is 191 g/mol. The first-order valence-corrected chi connectivity index (χ1v) is 4.70. The maximum atomic E-state index is 5.96. The third-order valence-corrected chi connectivity index (χ3v) is 2.32. The summed E-state index contributed by atoms with van der Waals surface area (Å²) >= 11 is 5.96. The van der Waals surface area contributed by atoms with Gasteiger partial charge in [-0.2, -0.15) is 0 Å². The van der Waals surface area contributed by atoms with Gasteiger partial charge in [-0.25, -0.2) is 0 Å². The lowest BCUT2D eigenvalue weighted by Crippen LogP contribution is -1.86. The summed E-state index contributed by atoms with van der Waals surface area (Å²) in [5.74, 6) is 0. The number of pyridine rings is 1. The van der Waals surface area contributed by atoms with Gasteiger partial charge in [0.2, 0.25) is 0 Å². The van der Waals surface area contributed by atoms with Crippen LogP contribution in [0.1, 0.15) is 17.9 Å². The minimum Gasteiger partial charge on any atom is -0.256 e. The Kier molecular flexibility index (Phi) is 2.19. The number of benzene rings is 1. The van der Waals surface area contributed by atoms with Crippen LogP contribution in [-0.2, 0) is 0 Å². The summed E-state index contributed by atoms with van der Waals surface area (Å²) < 4.78 is 0. The van der Waals surface area contributed by atoms with E-state index in [-0.39, 0.29) is 5.38 Å². The number of hydrogen-bond donors (Lipinski definition) is 0. The topological polar surface area (TPSA) is 12.9 Å². The van der Waals surface area contributed by atoms with Crippen molar-refractivity contribution in [1.29, 1.82) is 0 Å². The summed E-state index contributed by atoms with van der Waals surface area (Å²) in [4.78, 5) is 4.32. The second-order valence-corrected chi connectivity index (χ2v) is 3.73. The molecule has 1 nitrogen and oxygen atoms in total. The average Bonchev–Trinajstić information content (AvgIpc) is 2.17. The van der Waals surface area contributed by atoms with E-state index in [0.29, 0.717) is 0 Å². The van der Waals surface area contributed by atoms with E-state index in [2.05, 4.69) is 11.1 Å². The van der Waals surface area contributed by atoms with Crippen molar-refractivity contribution < 1.29 is 0 Å². The van der Waals surface area contributed by atoms with Crippen LogP contribution in [-0.4, -0.2) is 4.98 Å². The molecule has 1 atom stereocenters. The molecule has 0 aliphatic carbocycles. The van der Waals surface area contributed by atoms with Crippen LogP contribution in [0.4, 0.5) is 0 Å². The first-order chi connectivity index (χ1) is 6.27. The molecule has 2 heteroatoms. The van der Waals surface area contributed by atoms with Gasteiger partial charge in [-0.05, 0) is 24.6 Å². The molecule has 0 saturated carbocycles. The molecule has 1 unspecified atom stereocenters. The number of hydrogen-bond acceptors (Lipinski definition) is 1. The number of alkyl halides is 1. The van der Waals surface area contributed by atoms with E-state index >= 15 is 0 Å². The average molecular weight is 192 g/mol. The van der Waals surface area contributed by atoms with Gasteiger partial charge in [0, 0.05) is 11.6 Å². The zero-order valence-electron chi connectivity index (χ0n) is 7.37. The molecule has 0 aliphatic heterocycles. The summed E-state index contributed by atoms with van der Waals surface area (Å²) in [6.45, 7) is 1.95. The van der Waals surface area contributed by atoms with Gasteiger partial charge in [-0.3, -0.25) is 4.98 Å². The second-order valence-electron chi connectivity index (χ2n) is 3.08. The molecule has 1 heterocycles. The van der Waals surface area contributed by atoms with Crippen LogP contribution in [0.3, 0.4) is 0 Å². The van der Waals surface area contributed by atoms with Gasteiger partial charge in [-0.1, -0.05) is 18.2 Å². The Bertz CT molecular complexity index is 423. The lowest BCUT2D eigenvalue weighted by molar-refractivity contribution is 1.07. The van der Waals surface area contributed by atoms with Crippen LogP contribution in [0.2, 0.25) is 0 Å². The lowest BCUT2D eigenvalue weighted by Gasteiger charge is -2.03. The number of halogens is 1. The van der Waals surface area contributed by atoms with E-state index in [4.69, 9.17) is 11.6 Å². The quantitative estimate of drug-likeness (QED) is 0.629. The molecule has 0 bridgehead atoms. The van der Waals surface area contributed by atoms with E-state index in [1.807, 2.05) is 37.4 Å². The van der Waals surface area contributed by atoms with Crippen LogP contribution in [0.15, 0.2) is 36.5 Å². The molecule has 66 valence electrons. The minimum absolute atomic E-state index is 0.0251. The molecule has 0 aliphatic rings. The van der Waals surface area contributed by atoms with Gasteiger partial charge in [0.05, 0.1) is 10.9 Å². The number of fused-ring (bicyclic) bond motifs is 1. The van der Waals surface area contributed by atoms with E-state index in [9.17, 15) is 0 Å². The summed E-state index contributed by atoms with van der Waals surface area (Å²) in [6, 6.07) is 10.1. The largest absolute Gasteiger partial charge is 0.256 e. The van der Waals surface area contributed by atoms with Crippen molar-refractivity contribution in [1.82, 2.24) is 4.98 Å². The molecule has 1 aromatic heterocycles. The molecule has 0 N–H and O–H groups in total. The maximum Gasteiger partial charge on any atom is 0.0702 e. The van der Waals surface area contributed by atoms with Crippen LogP contribution >= 0.6 is 11.6 Å². The smallest absolute Gasteiger partial charge is 0.0702 e. The molecular weight excluding hydrogens is 182 g/mol. The first-order valence-electron chi connectivity index (χ1n) is 4.26. The molecule has 0 fully saturated rings. The summed E-state index contributed by atoms with van der Waals surface area (Å²) in [5.41, 5.74) is 2.09. The van der Waals surface area contributed by atoms with Gasteiger partial charge in [0.1, 0.15) is 0 Å². The molecule has 2 rings (SSSR count). The van der Waals surface area contributed by atoms with Crippen LogP contribution in [0, 0.1) is 0 Å². The normalized spacial score (nSPS) is 13.1. The molecule has 0 radical (unpaired) electrons. The van der Waals surface area contributed by atoms with Crippen molar-refractivity contribution in [3.8, 4) is 0 Å². The predicted molar refractivity (Wildman–Crippen MR) is 56.0 cm³/mol. The zero-order valence-corrected chi connectivity index (χ0v) is 8.12. The van der Waals surface area contributed by atoms with E-state index < -0.39 is 0 Å². The molecule has 2 aromatic rings. The zero-order chi connectivity index (χ0) is 9.26. The van der Waals surface area contributed by atoms with Gasteiger partial charge in [0.25, 0.3) is 0 Å². The lowest BCUT2D eigenvalue weighted by atomic mass is 10.1. The predicted octanol–water partition coefficient (Wildman–Crippen LogP) is 3.53. The molecule has 0 saturated heterocycles. The number of para-hydroxylation sites is 1. The highest BCUT2D eigenvalue weighted by Crippen LogP contribution is 2.21. The minimum atomic E-state index is 0.0251. The van der Waals surface area contributed by atoms with Gasteiger partial charge < -0.3 is 0 Å².